The molecule has 0 aliphatic carbocycles. The molecule has 4 rings (SSSR count). The van der Waals surface area contributed by atoms with E-state index in [0.717, 1.165) is 11.1 Å². The highest BCUT2D eigenvalue weighted by atomic mass is 16.5. The van der Waals surface area contributed by atoms with E-state index in [2.05, 4.69) is 10.6 Å². The van der Waals surface area contributed by atoms with Gasteiger partial charge in [-0.2, -0.15) is 0 Å². The average Bonchev–Trinajstić information content (AvgIpc) is 3.13. The Labute approximate surface area is 301 Å². The predicted molar refractivity (Wildman–Crippen MR) is 195 cm³/mol. The summed E-state index contributed by atoms with van der Waals surface area (Å²) in [6.07, 6.45) is 3.86. The Morgan fingerprint density at radius 3 is 1.62 bits per heavy atom. The molecule has 2 aromatic carbocycles. The number of carbonyl (C=O) groups excluding carboxylic acids is 2. The van der Waals surface area contributed by atoms with E-state index in [4.69, 9.17) is 20.3 Å². The van der Waals surface area contributed by atoms with Crippen molar-refractivity contribution >= 4 is 17.8 Å². The number of hydrogen-bond donors (Lipinski definition) is 4. The van der Waals surface area contributed by atoms with E-state index in [1.807, 2.05) is 65.6 Å². The van der Waals surface area contributed by atoms with E-state index in [9.17, 15) is 24.0 Å². The molecule has 1 unspecified atom stereocenters. The molecular weight excluding hydrogens is 668 g/mol. The predicted octanol–water partition coefficient (Wildman–Crippen LogP) is 2.29. The van der Waals surface area contributed by atoms with Crippen LogP contribution in [0.2, 0.25) is 0 Å². The van der Waals surface area contributed by atoms with Gasteiger partial charge in [-0.25, -0.2) is 0 Å². The van der Waals surface area contributed by atoms with Crippen LogP contribution in [-0.4, -0.2) is 75.7 Å². The first-order chi connectivity index (χ1) is 25.0. The number of rotatable bonds is 20. The fourth-order valence-corrected chi connectivity index (χ4v) is 5.38. The molecule has 0 saturated carbocycles. The van der Waals surface area contributed by atoms with Crippen molar-refractivity contribution < 1.29 is 29.0 Å². The Kier molecular flexibility index (Phi) is 14.7. The molecule has 14 heteroatoms. The van der Waals surface area contributed by atoms with Crippen LogP contribution in [0.25, 0.3) is 0 Å². The quantitative estimate of drug-likeness (QED) is 0.106. The molecule has 0 bridgehead atoms. The number of aliphatic carboxylic acids is 1. The van der Waals surface area contributed by atoms with Gasteiger partial charge in [-0.1, -0.05) is 60.7 Å². The third-order valence-electron chi connectivity index (χ3n) is 8.27. The van der Waals surface area contributed by atoms with Gasteiger partial charge in [0.1, 0.15) is 13.2 Å². The van der Waals surface area contributed by atoms with Gasteiger partial charge in [0.15, 0.2) is 11.5 Å². The summed E-state index contributed by atoms with van der Waals surface area (Å²) in [5.41, 5.74) is 7.34. The number of pyridine rings is 2. The molecule has 276 valence electrons. The number of amides is 2. The summed E-state index contributed by atoms with van der Waals surface area (Å²) in [4.78, 5) is 65.4. The van der Waals surface area contributed by atoms with E-state index in [1.54, 1.807) is 14.1 Å². The van der Waals surface area contributed by atoms with E-state index in [1.165, 1.54) is 33.7 Å². The van der Waals surface area contributed by atoms with Crippen LogP contribution in [0.3, 0.4) is 0 Å². The molecule has 52 heavy (non-hydrogen) atoms. The minimum Gasteiger partial charge on any atom is -0.482 e. The third kappa shape index (κ3) is 11.7. The monoisotopic (exact) mass is 714 g/mol. The number of nitrogens with zero attached hydrogens (tertiary/aromatic N) is 3. The fourth-order valence-electron chi connectivity index (χ4n) is 5.38. The van der Waals surface area contributed by atoms with Gasteiger partial charge in [-0.15, -0.1) is 0 Å². The minimum absolute atomic E-state index is 0.00373. The van der Waals surface area contributed by atoms with Gasteiger partial charge in [-0.3, -0.25) is 28.9 Å². The number of aromatic nitrogens is 2. The Balaban J connectivity index is 1.39. The first-order valence-corrected chi connectivity index (χ1v) is 17.0. The smallest absolute Gasteiger partial charge is 0.303 e. The number of nitrogens with one attached hydrogen (secondary N) is 2. The van der Waals surface area contributed by atoms with Crippen molar-refractivity contribution in [1.29, 1.82) is 0 Å². The van der Waals surface area contributed by atoms with Crippen molar-refractivity contribution in [2.45, 2.75) is 38.5 Å². The van der Waals surface area contributed by atoms with Crippen LogP contribution < -0.4 is 37.0 Å². The van der Waals surface area contributed by atoms with Crippen molar-refractivity contribution in [3.05, 3.63) is 128 Å². The van der Waals surface area contributed by atoms with Crippen LogP contribution in [0.4, 0.5) is 0 Å². The summed E-state index contributed by atoms with van der Waals surface area (Å²) in [6, 6.07) is 21.3. The molecule has 2 aromatic heterocycles. The third-order valence-corrected chi connectivity index (χ3v) is 8.27. The molecule has 0 fully saturated rings. The van der Waals surface area contributed by atoms with Gasteiger partial charge >= 0.3 is 5.97 Å². The lowest BCUT2D eigenvalue weighted by Gasteiger charge is -2.26. The van der Waals surface area contributed by atoms with E-state index in [-0.39, 0.29) is 61.4 Å². The molecule has 5 N–H and O–H groups in total. The number of carboxylic acid groups (broad SMARTS) is 1. The largest absolute Gasteiger partial charge is 0.482 e. The summed E-state index contributed by atoms with van der Waals surface area (Å²) < 4.78 is 14.3. The highest BCUT2D eigenvalue weighted by Crippen LogP contribution is 2.16. The summed E-state index contributed by atoms with van der Waals surface area (Å²) in [7, 11) is 3.15. The van der Waals surface area contributed by atoms with Crippen molar-refractivity contribution in [2.75, 3.05) is 32.7 Å². The number of aryl methyl sites for hydroxylation is 2. The van der Waals surface area contributed by atoms with E-state index >= 15 is 0 Å². The van der Waals surface area contributed by atoms with Gasteiger partial charge in [0.2, 0.25) is 0 Å². The lowest BCUT2D eigenvalue weighted by Crippen LogP contribution is -2.45. The number of benzene rings is 2. The van der Waals surface area contributed by atoms with Crippen LogP contribution in [0, 0.1) is 0 Å². The zero-order chi connectivity index (χ0) is 37.5. The maximum atomic E-state index is 13.3. The summed E-state index contributed by atoms with van der Waals surface area (Å²) >= 11 is 0. The lowest BCUT2D eigenvalue weighted by molar-refractivity contribution is -0.137. The van der Waals surface area contributed by atoms with Crippen LogP contribution in [0.5, 0.6) is 11.5 Å². The Morgan fingerprint density at radius 2 is 1.19 bits per heavy atom. The maximum absolute atomic E-state index is 13.3. The van der Waals surface area contributed by atoms with Crippen molar-refractivity contribution in [3.63, 3.8) is 0 Å². The number of carboxylic acids is 1. The number of hydrogen-bond acceptors (Lipinski definition) is 9. The molecule has 0 radical (unpaired) electrons. The van der Waals surface area contributed by atoms with Crippen molar-refractivity contribution in [1.82, 2.24) is 24.7 Å². The van der Waals surface area contributed by atoms with Gasteiger partial charge in [-0.05, 0) is 36.1 Å². The van der Waals surface area contributed by atoms with Crippen LogP contribution in [0.1, 0.15) is 51.1 Å². The molecule has 0 spiro atoms. The standard InChI is InChI=1S/C38H46N6O8/c1-42-20-16-30(33(37(42)49)51-25-27-10-5-3-6-11-27)35(47)40-18-22-44(24-29(39)14-9-15-32(45)46)23-19-41-36(48)31-17-21-43(2)38(50)34(31)52-26-28-12-7-4-8-13-28/h3-8,10-13,16-17,20-21,29H,9,14-15,18-19,22-26,39H2,1-2H3,(H,40,47)(H,41,48)(H,45,46). The van der Waals surface area contributed by atoms with Crippen LogP contribution in [-0.2, 0) is 32.1 Å². The second kappa shape index (κ2) is 19.6. The van der Waals surface area contributed by atoms with Crippen LogP contribution >= 0.6 is 0 Å². The number of carbonyl (C=O) groups is 3. The normalized spacial score (nSPS) is 11.5. The second-order valence-corrected chi connectivity index (χ2v) is 12.4. The lowest BCUT2D eigenvalue weighted by atomic mass is 10.1. The minimum atomic E-state index is -0.903. The summed E-state index contributed by atoms with van der Waals surface area (Å²) in [6.45, 7) is 1.59. The van der Waals surface area contributed by atoms with Crippen molar-refractivity contribution in [2.24, 2.45) is 19.8 Å². The Morgan fingerprint density at radius 1 is 0.750 bits per heavy atom. The first kappa shape index (κ1) is 39.1. The highest BCUT2D eigenvalue weighted by molar-refractivity contribution is 5.97. The van der Waals surface area contributed by atoms with Crippen molar-refractivity contribution in [3.8, 4) is 11.5 Å². The zero-order valence-electron chi connectivity index (χ0n) is 29.5. The number of ether oxygens (including phenoxy) is 2. The highest BCUT2D eigenvalue weighted by Gasteiger charge is 2.20. The molecular formula is C38H46N6O8. The average molecular weight is 715 g/mol. The van der Waals surface area contributed by atoms with Gasteiger partial charge < -0.3 is 40.1 Å². The molecule has 14 nitrogen and oxygen atoms in total. The van der Waals surface area contributed by atoms with Gasteiger partial charge in [0.25, 0.3) is 22.9 Å². The molecule has 0 aliphatic heterocycles. The van der Waals surface area contributed by atoms with Gasteiger partial charge in [0.05, 0.1) is 11.1 Å². The molecule has 2 heterocycles. The molecule has 4 aromatic rings. The molecule has 2 amide bonds. The fraction of sp³-hybridized carbons (Fsp3) is 0.342. The Hall–Kier alpha value is -5.73. The maximum Gasteiger partial charge on any atom is 0.303 e. The summed E-state index contributed by atoms with van der Waals surface area (Å²) in [5.74, 6) is -2.01. The van der Waals surface area contributed by atoms with E-state index in [0.29, 0.717) is 32.5 Å². The topological polar surface area (TPSA) is 187 Å². The van der Waals surface area contributed by atoms with E-state index < -0.39 is 28.9 Å². The molecule has 1 atom stereocenters. The van der Waals surface area contributed by atoms with Crippen LogP contribution in [0.15, 0.2) is 94.8 Å². The summed E-state index contributed by atoms with van der Waals surface area (Å²) in [5, 5.41) is 14.7. The zero-order valence-corrected chi connectivity index (χ0v) is 29.5. The SMILES string of the molecule is Cn1ccc(C(=O)NCCN(CCNC(=O)c2ccn(C)c(=O)c2OCc2ccccc2)CC(N)CCCC(=O)O)c(OCc2ccccc2)c1=O. The first-order valence-electron chi connectivity index (χ1n) is 17.0. The molecule has 0 aliphatic rings. The Bertz CT molecular complexity index is 1790. The van der Waals surface area contributed by atoms with Gasteiger partial charge in [0, 0.05) is 71.7 Å². The second-order valence-electron chi connectivity index (χ2n) is 12.4. The number of nitrogens with two attached hydrogens (primary N) is 1. The molecule has 0 saturated heterocycles.